The number of carbonyl (C=O) groups excluding carboxylic acids is 1. The summed E-state index contributed by atoms with van der Waals surface area (Å²) in [5, 5.41) is 12.7. The average molecular weight is 352 g/mol. The van der Waals surface area contributed by atoms with Crippen molar-refractivity contribution in [1.29, 1.82) is 0 Å². The number of hydrazine groups is 1. The van der Waals surface area contributed by atoms with E-state index in [2.05, 4.69) is 16.2 Å². The second kappa shape index (κ2) is 6.60. The van der Waals surface area contributed by atoms with Crippen LogP contribution in [-0.4, -0.2) is 53.7 Å². The summed E-state index contributed by atoms with van der Waals surface area (Å²) in [7, 11) is 0. The van der Waals surface area contributed by atoms with Crippen LogP contribution >= 0.6 is 0 Å². The number of piperidine rings is 1. The highest BCUT2D eigenvalue weighted by Gasteiger charge is 2.43. The van der Waals surface area contributed by atoms with E-state index in [-0.39, 0.29) is 30.0 Å². The van der Waals surface area contributed by atoms with Crippen molar-refractivity contribution in [3.05, 3.63) is 35.4 Å². The number of hydrogen-bond acceptors (Lipinski definition) is 5. The van der Waals surface area contributed by atoms with Crippen molar-refractivity contribution in [2.75, 3.05) is 19.6 Å². The number of carbonyl (C=O) groups is 1. The molecule has 1 aromatic rings. The number of aliphatic hydroxyl groups is 1. The number of aliphatic hydroxyl groups excluding tert-OH is 1. The summed E-state index contributed by atoms with van der Waals surface area (Å²) >= 11 is 0. The first kappa shape index (κ1) is 16.8. The molecule has 3 aliphatic rings. The molecular formula is C17H22F2N4O2. The lowest BCUT2D eigenvalue weighted by Crippen LogP contribution is -2.52. The number of β-amino-alcohol motifs (C(OH)–C–C–N with tert-alkyl or cyclic N) is 1. The molecule has 3 aliphatic heterocycles. The number of amides is 1. The van der Waals surface area contributed by atoms with Crippen LogP contribution < -0.4 is 16.2 Å². The smallest absolute Gasteiger partial charge is 0.239 e. The lowest BCUT2D eigenvalue weighted by Gasteiger charge is -2.37. The van der Waals surface area contributed by atoms with Crippen LogP contribution in [0.4, 0.5) is 8.78 Å². The Morgan fingerprint density at radius 3 is 2.80 bits per heavy atom. The molecule has 3 saturated heterocycles. The quantitative estimate of drug-likeness (QED) is 0.605. The second-order valence-corrected chi connectivity index (χ2v) is 7.13. The molecule has 0 aromatic heterocycles. The number of hydrogen-bond donors (Lipinski definition) is 4. The lowest BCUT2D eigenvalue weighted by molar-refractivity contribution is -0.135. The highest BCUT2D eigenvalue weighted by molar-refractivity contribution is 5.82. The third-order valence-electron chi connectivity index (χ3n) is 5.53. The lowest BCUT2D eigenvalue weighted by atomic mass is 9.85. The van der Waals surface area contributed by atoms with Crippen molar-refractivity contribution in [1.82, 2.24) is 21.1 Å². The van der Waals surface area contributed by atoms with Gasteiger partial charge in [0, 0.05) is 31.6 Å². The zero-order chi connectivity index (χ0) is 17.6. The molecule has 1 amide bonds. The molecule has 0 spiro atoms. The summed E-state index contributed by atoms with van der Waals surface area (Å²) in [6.07, 6.45) is 0.752. The minimum atomic E-state index is -0.865. The molecule has 136 valence electrons. The largest absolute Gasteiger partial charge is 0.392 e. The van der Waals surface area contributed by atoms with E-state index in [0.29, 0.717) is 31.6 Å². The zero-order valence-corrected chi connectivity index (χ0v) is 13.7. The normalized spacial score (nSPS) is 35.0. The van der Waals surface area contributed by atoms with Gasteiger partial charge in [-0.15, -0.1) is 0 Å². The first-order valence-electron chi connectivity index (χ1n) is 8.69. The Balaban J connectivity index is 1.48. The van der Waals surface area contributed by atoms with Gasteiger partial charge in [0.05, 0.1) is 18.2 Å². The summed E-state index contributed by atoms with van der Waals surface area (Å²) in [6.45, 7) is 1.63. The van der Waals surface area contributed by atoms with Crippen molar-refractivity contribution in [3.63, 3.8) is 0 Å². The Kier molecular flexibility index (Phi) is 4.45. The minimum Gasteiger partial charge on any atom is -0.392 e. The summed E-state index contributed by atoms with van der Waals surface area (Å²) < 4.78 is 26.8. The molecular weight excluding hydrogens is 330 g/mol. The number of halogens is 2. The Morgan fingerprint density at radius 1 is 1.24 bits per heavy atom. The average Bonchev–Trinajstić information content (AvgIpc) is 3.22. The van der Waals surface area contributed by atoms with E-state index >= 15 is 0 Å². The summed E-state index contributed by atoms with van der Waals surface area (Å²) in [5.74, 6) is -1.65. The van der Waals surface area contributed by atoms with E-state index in [9.17, 15) is 18.7 Å². The van der Waals surface area contributed by atoms with Gasteiger partial charge in [-0.1, -0.05) is 6.07 Å². The predicted molar refractivity (Wildman–Crippen MR) is 86.3 cm³/mol. The van der Waals surface area contributed by atoms with Crippen LogP contribution in [0.2, 0.25) is 0 Å². The third-order valence-corrected chi connectivity index (χ3v) is 5.53. The van der Waals surface area contributed by atoms with Crippen molar-refractivity contribution >= 4 is 5.91 Å². The minimum absolute atomic E-state index is 0.00550. The Labute approximate surface area is 144 Å². The maximum absolute atomic E-state index is 13.6. The molecule has 0 saturated carbocycles. The van der Waals surface area contributed by atoms with Crippen molar-refractivity contribution in [2.24, 2.45) is 5.92 Å². The molecule has 0 bridgehead atoms. The van der Waals surface area contributed by atoms with Gasteiger partial charge in [0.15, 0.2) is 11.6 Å². The van der Waals surface area contributed by atoms with Gasteiger partial charge in [0.1, 0.15) is 0 Å². The highest BCUT2D eigenvalue weighted by Crippen LogP contribution is 2.34. The molecule has 4 rings (SSSR count). The van der Waals surface area contributed by atoms with Gasteiger partial charge in [-0.05, 0) is 30.5 Å². The standard InChI is InChI=1S/C17H22F2N4O2/c18-12-2-1-9(5-13(12)19)16-11-8-23(4-3-14(11)21-22-16)17(25)15-6-10(24)7-20-15/h1-2,5,10-11,14-16,20-22,24H,3-4,6-8H2/t10-,11?,14?,15+,16?/m1/s1. The number of nitrogens with zero attached hydrogens (tertiary/aromatic N) is 1. The maximum Gasteiger partial charge on any atom is 0.239 e. The second-order valence-electron chi connectivity index (χ2n) is 7.13. The summed E-state index contributed by atoms with van der Waals surface area (Å²) in [6, 6.07) is 3.59. The van der Waals surface area contributed by atoms with Gasteiger partial charge < -0.3 is 15.3 Å². The highest BCUT2D eigenvalue weighted by atomic mass is 19.2. The van der Waals surface area contributed by atoms with Crippen LogP contribution in [0.1, 0.15) is 24.4 Å². The zero-order valence-electron chi connectivity index (χ0n) is 13.7. The maximum atomic E-state index is 13.6. The molecule has 6 nitrogen and oxygen atoms in total. The van der Waals surface area contributed by atoms with Crippen LogP contribution in [0, 0.1) is 17.6 Å². The molecule has 25 heavy (non-hydrogen) atoms. The van der Waals surface area contributed by atoms with Crippen LogP contribution in [-0.2, 0) is 4.79 Å². The van der Waals surface area contributed by atoms with Gasteiger partial charge >= 0.3 is 0 Å². The molecule has 0 radical (unpaired) electrons. The molecule has 3 heterocycles. The molecule has 3 fully saturated rings. The Hall–Kier alpha value is -1.61. The molecule has 8 heteroatoms. The topological polar surface area (TPSA) is 76.6 Å². The van der Waals surface area contributed by atoms with Gasteiger partial charge in [-0.25, -0.2) is 14.2 Å². The predicted octanol–water partition coefficient (Wildman–Crippen LogP) is 0.0536. The molecule has 0 aliphatic carbocycles. The van der Waals surface area contributed by atoms with Crippen molar-refractivity contribution in [2.45, 2.75) is 37.1 Å². The fraction of sp³-hybridized carbons (Fsp3) is 0.588. The van der Waals surface area contributed by atoms with Crippen LogP contribution in [0.25, 0.3) is 0 Å². The molecule has 1 aromatic carbocycles. The van der Waals surface area contributed by atoms with E-state index in [4.69, 9.17) is 0 Å². The number of likely N-dealkylation sites (tertiary alicyclic amines) is 1. The van der Waals surface area contributed by atoms with Crippen molar-refractivity contribution in [3.8, 4) is 0 Å². The van der Waals surface area contributed by atoms with Crippen LogP contribution in [0.3, 0.4) is 0 Å². The first-order chi connectivity index (χ1) is 12.0. The van der Waals surface area contributed by atoms with Crippen LogP contribution in [0.5, 0.6) is 0 Å². The number of fused-ring (bicyclic) bond motifs is 1. The van der Waals surface area contributed by atoms with Gasteiger partial charge in [0.25, 0.3) is 0 Å². The number of rotatable bonds is 2. The summed E-state index contributed by atoms with van der Waals surface area (Å²) in [5.41, 5.74) is 7.05. The Morgan fingerprint density at radius 2 is 2.08 bits per heavy atom. The first-order valence-corrected chi connectivity index (χ1v) is 8.69. The SMILES string of the molecule is O=C([C@@H]1C[C@@H](O)CN1)N1CCC2NNC(c3ccc(F)c(F)c3)C2C1. The van der Waals surface area contributed by atoms with E-state index < -0.39 is 17.7 Å². The Bertz CT molecular complexity index is 674. The van der Waals surface area contributed by atoms with Gasteiger partial charge in [-0.2, -0.15) is 0 Å². The van der Waals surface area contributed by atoms with Crippen LogP contribution in [0.15, 0.2) is 18.2 Å². The summed E-state index contributed by atoms with van der Waals surface area (Å²) in [4.78, 5) is 14.5. The van der Waals surface area contributed by atoms with Crippen molar-refractivity contribution < 1.29 is 18.7 Å². The number of nitrogens with one attached hydrogen (secondary N) is 3. The van der Waals surface area contributed by atoms with E-state index in [1.54, 1.807) is 6.07 Å². The molecule has 4 N–H and O–H groups in total. The monoisotopic (exact) mass is 352 g/mol. The van der Waals surface area contributed by atoms with E-state index in [1.807, 2.05) is 4.90 Å². The van der Waals surface area contributed by atoms with Gasteiger partial charge in [-0.3, -0.25) is 10.2 Å². The van der Waals surface area contributed by atoms with E-state index in [0.717, 1.165) is 12.5 Å². The fourth-order valence-corrected chi connectivity index (χ4v) is 4.16. The van der Waals surface area contributed by atoms with Gasteiger partial charge in [0.2, 0.25) is 5.91 Å². The molecule has 3 unspecified atom stereocenters. The molecule has 5 atom stereocenters. The fourth-order valence-electron chi connectivity index (χ4n) is 4.16. The number of benzene rings is 1. The third kappa shape index (κ3) is 3.15. The van der Waals surface area contributed by atoms with E-state index in [1.165, 1.54) is 6.07 Å².